The number of aromatic nitrogens is 2. The van der Waals surface area contributed by atoms with Gasteiger partial charge in [-0.15, -0.1) is 5.10 Å². The Morgan fingerprint density at radius 2 is 1.87 bits per heavy atom. The minimum absolute atomic E-state index is 0.144. The molecule has 1 N–H and O–H groups in total. The molecule has 30 heavy (non-hydrogen) atoms. The molecule has 3 heterocycles. The van der Waals surface area contributed by atoms with Crippen molar-refractivity contribution in [2.24, 2.45) is 5.41 Å². The van der Waals surface area contributed by atoms with Crippen molar-refractivity contribution in [3.8, 4) is 0 Å². The van der Waals surface area contributed by atoms with Crippen molar-refractivity contribution in [2.75, 3.05) is 37.2 Å². The quantitative estimate of drug-likeness (QED) is 0.772. The highest BCUT2D eigenvalue weighted by Gasteiger charge is 2.41. The summed E-state index contributed by atoms with van der Waals surface area (Å²) in [6.07, 6.45) is 5.57. The van der Waals surface area contributed by atoms with Crippen molar-refractivity contribution in [2.45, 2.75) is 25.8 Å². The zero-order valence-electron chi connectivity index (χ0n) is 16.9. The van der Waals surface area contributed by atoms with Crippen LogP contribution in [0.2, 0.25) is 5.02 Å². The zero-order valence-corrected chi connectivity index (χ0v) is 18.5. The van der Waals surface area contributed by atoms with Gasteiger partial charge in [0.05, 0.1) is 6.26 Å². The van der Waals surface area contributed by atoms with E-state index in [1.165, 1.54) is 16.9 Å². The van der Waals surface area contributed by atoms with Gasteiger partial charge in [0.2, 0.25) is 10.0 Å². The first kappa shape index (κ1) is 21.1. The number of nitrogens with one attached hydrogen (secondary N) is 1. The van der Waals surface area contributed by atoms with Crippen molar-refractivity contribution in [3.05, 3.63) is 47.1 Å². The van der Waals surface area contributed by atoms with Crippen LogP contribution in [0.3, 0.4) is 0 Å². The van der Waals surface area contributed by atoms with Crippen LogP contribution in [0.15, 0.2) is 36.5 Å². The van der Waals surface area contributed by atoms with Crippen LogP contribution in [0.4, 0.5) is 10.6 Å². The van der Waals surface area contributed by atoms with Crippen molar-refractivity contribution < 1.29 is 13.2 Å². The van der Waals surface area contributed by atoms with Crippen LogP contribution in [0.1, 0.15) is 24.8 Å². The highest BCUT2D eigenvalue weighted by molar-refractivity contribution is 7.92. The number of anilines is 1. The van der Waals surface area contributed by atoms with E-state index < -0.39 is 10.0 Å². The molecule has 10 heteroatoms. The van der Waals surface area contributed by atoms with E-state index in [1.54, 1.807) is 4.90 Å². The maximum Gasteiger partial charge on any atom is 0.344 e. The Labute approximate surface area is 181 Å². The normalized spacial score (nSPS) is 19.3. The number of carbonyl (C=O) groups is 1. The molecule has 0 aliphatic carbocycles. The van der Waals surface area contributed by atoms with Gasteiger partial charge in [-0.25, -0.2) is 13.2 Å². The summed E-state index contributed by atoms with van der Waals surface area (Å²) in [6.45, 7) is 4.26. The molecular formula is C20H26ClN5O3S. The molecule has 2 fully saturated rings. The Bertz CT molecular complexity index is 1030. The van der Waals surface area contributed by atoms with Crippen LogP contribution >= 0.6 is 11.6 Å². The number of carbonyl (C=O) groups excluding carboxylic acids is 1. The van der Waals surface area contributed by atoms with Gasteiger partial charge in [-0.3, -0.25) is 9.62 Å². The topological polar surface area (TPSA) is 87.5 Å². The number of likely N-dealkylation sites (tertiary alicyclic amines) is 2. The predicted molar refractivity (Wildman–Crippen MR) is 116 cm³/mol. The minimum Gasteiger partial charge on any atom is -0.323 e. The lowest BCUT2D eigenvalue weighted by Crippen LogP contribution is -2.45. The molecule has 1 aromatic carbocycles. The summed E-state index contributed by atoms with van der Waals surface area (Å²) in [6, 6.07) is 9.23. The number of hydrogen-bond donors (Lipinski definition) is 1. The molecule has 0 radical (unpaired) electrons. The number of halogens is 1. The van der Waals surface area contributed by atoms with Crippen LogP contribution in [-0.2, 0) is 16.6 Å². The molecule has 1 aromatic heterocycles. The Morgan fingerprint density at radius 3 is 2.57 bits per heavy atom. The zero-order chi connectivity index (χ0) is 21.4. The molecular weight excluding hydrogens is 426 g/mol. The number of nitrogens with zero attached hydrogens (tertiary/aromatic N) is 4. The largest absolute Gasteiger partial charge is 0.344 e. The molecule has 2 aromatic rings. The van der Waals surface area contributed by atoms with Gasteiger partial charge in [-0.2, -0.15) is 4.68 Å². The van der Waals surface area contributed by atoms with Crippen LogP contribution in [0, 0.1) is 5.41 Å². The molecule has 2 aliphatic rings. The van der Waals surface area contributed by atoms with E-state index in [9.17, 15) is 13.2 Å². The van der Waals surface area contributed by atoms with Gasteiger partial charge in [0.25, 0.3) is 0 Å². The molecule has 2 aliphatic heterocycles. The molecule has 1 amide bonds. The second-order valence-electron chi connectivity index (χ2n) is 8.34. The number of hydrogen-bond acceptors (Lipinski definition) is 5. The SMILES string of the molecule is CS(=O)(=O)Nc1ccn(C(=O)N2CCC3(CCN(Cc4ccccc4Cl)C3)CC2)n1. The van der Waals surface area contributed by atoms with Gasteiger partial charge in [0, 0.05) is 43.5 Å². The fourth-order valence-electron chi connectivity index (χ4n) is 4.43. The molecule has 4 rings (SSSR count). The Balaban J connectivity index is 1.33. The number of sulfonamides is 1. The lowest BCUT2D eigenvalue weighted by Gasteiger charge is -2.39. The van der Waals surface area contributed by atoms with Crippen molar-refractivity contribution in [1.29, 1.82) is 0 Å². The van der Waals surface area contributed by atoms with Gasteiger partial charge >= 0.3 is 6.03 Å². The van der Waals surface area contributed by atoms with E-state index in [0.29, 0.717) is 13.1 Å². The van der Waals surface area contributed by atoms with Crippen LogP contribution in [-0.4, -0.2) is 66.5 Å². The number of piperidine rings is 1. The predicted octanol–water partition coefficient (Wildman–Crippen LogP) is 2.86. The maximum atomic E-state index is 12.7. The highest BCUT2D eigenvalue weighted by atomic mass is 35.5. The molecule has 1 spiro atoms. The number of benzene rings is 1. The van der Waals surface area contributed by atoms with Crippen molar-refractivity contribution in [1.82, 2.24) is 19.6 Å². The Kier molecular flexibility index (Phi) is 5.78. The minimum atomic E-state index is -3.42. The van der Waals surface area contributed by atoms with Gasteiger partial charge in [-0.05, 0) is 42.9 Å². The van der Waals surface area contributed by atoms with Crippen molar-refractivity contribution >= 4 is 33.5 Å². The summed E-state index contributed by atoms with van der Waals surface area (Å²) in [7, 11) is -3.42. The Hall–Kier alpha value is -2.10. The van der Waals surface area contributed by atoms with Gasteiger partial charge in [-0.1, -0.05) is 29.8 Å². The summed E-state index contributed by atoms with van der Waals surface area (Å²) < 4.78 is 26.1. The van der Waals surface area contributed by atoms with Crippen molar-refractivity contribution in [3.63, 3.8) is 0 Å². The first-order valence-corrected chi connectivity index (χ1v) is 12.3. The van der Waals surface area contributed by atoms with Gasteiger partial charge in [0.15, 0.2) is 5.82 Å². The maximum absolute atomic E-state index is 12.7. The molecule has 162 valence electrons. The molecule has 8 nitrogen and oxygen atoms in total. The molecule has 0 saturated carbocycles. The van der Waals surface area contributed by atoms with E-state index in [4.69, 9.17) is 11.6 Å². The summed E-state index contributed by atoms with van der Waals surface area (Å²) >= 11 is 6.31. The number of rotatable bonds is 4. The van der Waals surface area contributed by atoms with Crippen LogP contribution in [0.25, 0.3) is 0 Å². The average molecular weight is 452 g/mol. The average Bonchev–Trinajstić information content (AvgIpc) is 3.30. The first-order chi connectivity index (χ1) is 14.2. The summed E-state index contributed by atoms with van der Waals surface area (Å²) in [5.41, 5.74) is 1.39. The smallest absolute Gasteiger partial charge is 0.323 e. The molecule has 0 unspecified atom stereocenters. The third-order valence-electron chi connectivity index (χ3n) is 6.04. The fourth-order valence-corrected chi connectivity index (χ4v) is 5.11. The van der Waals surface area contributed by atoms with E-state index in [1.807, 2.05) is 18.2 Å². The number of amides is 1. The van der Waals surface area contributed by atoms with Crippen LogP contribution < -0.4 is 4.72 Å². The monoisotopic (exact) mass is 451 g/mol. The molecule has 0 bridgehead atoms. The van der Waals surface area contributed by atoms with E-state index in [0.717, 1.165) is 55.7 Å². The third-order valence-corrected chi connectivity index (χ3v) is 6.99. The lowest BCUT2D eigenvalue weighted by atomic mass is 9.78. The van der Waals surface area contributed by atoms with E-state index >= 15 is 0 Å². The van der Waals surface area contributed by atoms with E-state index in [-0.39, 0.29) is 17.3 Å². The fraction of sp³-hybridized carbons (Fsp3) is 0.500. The second kappa shape index (κ2) is 8.20. The molecule has 2 saturated heterocycles. The van der Waals surface area contributed by atoms with E-state index in [2.05, 4.69) is 20.8 Å². The van der Waals surface area contributed by atoms with Gasteiger partial charge in [0.1, 0.15) is 0 Å². The Morgan fingerprint density at radius 1 is 1.17 bits per heavy atom. The lowest BCUT2D eigenvalue weighted by molar-refractivity contribution is 0.118. The third kappa shape index (κ3) is 4.79. The summed E-state index contributed by atoms with van der Waals surface area (Å²) in [5.74, 6) is 0.144. The highest BCUT2D eigenvalue weighted by Crippen LogP contribution is 2.41. The van der Waals surface area contributed by atoms with Crippen LogP contribution in [0.5, 0.6) is 0 Å². The first-order valence-electron chi connectivity index (χ1n) is 10.0. The summed E-state index contributed by atoms with van der Waals surface area (Å²) in [5, 5.41) is 4.85. The summed E-state index contributed by atoms with van der Waals surface area (Å²) in [4.78, 5) is 17.0. The second-order valence-corrected chi connectivity index (χ2v) is 10.5. The van der Waals surface area contributed by atoms with Gasteiger partial charge < -0.3 is 4.90 Å². The molecule has 0 atom stereocenters. The standard InChI is InChI=1S/C20H26ClN5O3S/c1-30(28,29)23-18-6-10-26(22-18)19(27)25-12-8-20(9-13-25)7-11-24(15-20)14-16-4-2-3-5-17(16)21/h2-6,10H,7-9,11-15H2,1H3,(H,22,23).